The predicted molar refractivity (Wildman–Crippen MR) is 118 cm³/mol. The highest BCUT2D eigenvalue weighted by molar-refractivity contribution is 7.91. The molecule has 2 rings (SSSR count). The molecule has 4 atom stereocenters. The zero-order valence-electron chi connectivity index (χ0n) is 18.9. The lowest BCUT2D eigenvalue weighted by Crippen LogP contribution is -2.55. The van der Waals surface area contributed by atoms with Crippen molar-refractivity contribution < 1.29 is 16.8 Å². The Morgan fingerprint density at radius 2 is 0.679 bits per heavy atom. The van der Waals surface area contributed by atoms with E-state index in [4.69, 9.17) is 0 Å². The molecule has 0 unspecified atom stereocenters. The van der Waals surface area contributed by atoms with Crippen LogP contribution in [0.1, 0.15) is 55.4 Å². The van der Waals surface area contributed by atoms with Gasteiger partial charge in [-0.2, -0.15) is 0 Å². The van der Waals surface area contributed by atoms with Crippen LogP contribution in [0.15, 0.2) is 0 Å². The third kappa shape index (κ3) is 8.28. The molecule has 168 valence electrons. The Bertz CT molecular complexity index is 581. The lowest BCUT2D eigenvalue weighted by atomic mass is 10.0. The van der Waals surface area contributed by atoms with Crippen molar-refractivity contribution in [1.82, 2.24) is 10.6 Å². The summed E-state index contributed by atoms with van der Waals surface area (Å²) in [6.45, 7) is 16.5. The quantitative estimate of drug-likeness (QED) is 0.698. The van der Waals surface area contributed by atoms with Gasteiger partial charge in [-0.1, -0.05) is 55.4 Å². The van der Waals surface area contributed by atoms with Crippen LogP contribution >= 0.6 is 0 Å². The summed E-state index contributed by atoms with van der Waals surface area (Å²) >= 11 is 0. The second-order valence-electron chi connectivity index (χ2n) is 9.89. The van der Waals surface area contributed by atoms with Gasteiger partial charge in [0.2, 0.25) is 0 Å². The molecular formula is C20H42N2O4S2. The van der Waals surface area contributed by atoms with Crippen LogP contribution < -0.4 is 10.6 Å². The van der Waals surface area contributed by atoms with Crippen molar-refractivity contribution in [2.45, 2.75) is 79.6 Å². The van der Waals surface area contributed by atoms with Gasteiger partial charge in [0.25, 0.3) is 0 Å². The normalized spacial score (nSPS) is 32.4. The van der Waals surface area contributed by atoms with Crippen molar-refractivity contribution in [2.24, 2.45) is 23.7 Å². The zero-order chi connectivity index (χ0) is 21.9. The molecule has 28 heavy (non-hydrogen) atoms. The van der Waals surface area contributed by atoms with Crippen molar-refractivity contribution in [1.29, 1.82) is 0 Å². The van der Waals surface area contributed by atoms with Gasteiger partial charge in [-0.25, -0.2) is 16.8 Å². The van der Waals surface area contributed by atoms with E-state index in [0.29, 0.717) is 46.7 Å². The molecule has 0 aromatic heterocycles. The number of rotatable bonds is 4. The fraction of sp³-hybridized carbons (Fsp3) is 1.00. The van der Waals surface area contributed by atoms with E-state index in [0.717, 1.165) is 0 Å². The lowest BCUT2D eigenvalue weighted by Gasteiger charge is -2.35. The average molecular weight is 439 g/mol. The first-order chi connectivity index (χ1) is 12.6. The molecule has 2 aliphatic heterocycles. The van der Waals surface area contributed by atoms with Gasteiger partial charge in [0.1, 0.15) is 0 Å². The van der Waals surface area contributed by atoms with Gasteiger partial charge >= 0.3 is 0 Å². The van der Waals surface area contributed by atoms with Crippen molar-refractivity contribution in [3.63, 3.8) is 0 Å². The largest absolute Gasteiger partial charge is 0.309 e. The van der Waals surface area contributed by atoms with E-state index >= 15 is 0 Å². The first-order valence-electron chi connectivity index (χ1n) is 10.6. The molecule has 0 radical (unpaired) electrons. The molecule has 0 saturated carbocycles. The number of hydrogen-bond acceptors (Lipinski definition) is 6. The fourth-order valence-corrected chi connectivity index (χ4v) is 7.90. The van der Waals surface area contributed by atoms with E-state index in [1.807, 2.05) is 0 Å². The average Bonchev–Trinajstić information content (AvgIpc) is 2.52. The molecule has 6 nitrogen and oxygen atoms in total. The molecule has 2 N–H and O–H groups in total. The summed E-state index contributed by atoms with van der Waals surface area (Å²) in [5.41, 5.74) is 0. The second-order valence-corrected chi connectivity index (χ2v) is 14.2. The molecule has 8 heteroatoms. The topological polar surface area (TPSA) is 92.3 Å². The Morgan fingerprint density at radius 1 is 0.500 bits per heavy atom. The van der Waals surface area contributed by atoms with Gasteiger partial charge < -0.3 is 10.6 Å². The van der Waals surface area contributed by atoms with Gasteiger partial charge in [0, 0.05) is 24.2 Å². The Kier molecular flexibility index (Phi) is 9.44. The number of sulfone groups is 2. The van der Waals surface area contributed by atoms with Crippen molar-refractivity contribution in [3.8, 4) is 0 Å². The first kappa shape index (κ1) is 25.9. The molecule has 2 heterocycles. The first-order valence-corrected chi connectivity index (χ1v) is 14.2. The smallest absolute Gasteiger partial charge is 0.153 e. The van der Waals surface area contributed by atoms with E-state index in [1.165, 1.54) is 0 Å². The van der Waals surface area contributed by atoms with Crippen LogP contribution in [0.2, 0.25) is 0 Å². The Balaban J connectivity index is 0.000000280. The number of nitrogens with one attached hydrogen (secondary N) is 2. The Morgan fingerprint density at radius 3 is 0.821 bits per heavy atom. The second kappa shape index (κ2) is 10.2. The van der Waals surface area contributed by atoms with E-state index in [-0.39, 0.29) is 24.2 Å². The molecular weight excluding hydrogens is 396 g/mol. The molecule has 0 spiro atoms. The van der Waals surface area contributed by atoms with Gasteiger partial charge in [0.05, 0.1) is 23.0 Å². The van der Waals surface area contributed by atoms with E-state index < -0.39 is 19.7 Å². The highest BCUT2D eigenvalue weighted by atomic mass is 32.2. The van der Waals surface area contributed by atoms with Crippen molar-refractivity contribution in [2.75, 3.05) is 23.0 Å². The van der Waals surface area contributed by atoms with E-state index in [1.54, 1.807) is 0 Å². The minimum atomic E-state index is -2.83. The molecule has 2 saturated heterocycles. The summed E-state index contributed by atoms with van der Waals surface area (Å²) in [4.78, 5) is 0. The van der Waals surface area contributed by atoms with E-state index in [9.17, 15) is 16.8 Å². The van der Waals surface area contributed by atoms with Gasteiger partial charge in [-0.15, -0.1) is 0 Å². The summed E-state index contributed by atoms with van der Waals surface area (Å²) < 4.78 is 46.6. The van der Waals surface area contributed by atoms with Gasteiger partial charge in [-0.05, 0) is 23.7 Å². The van der Waals surface area contributed by atoms with Crippen LogP contribution in [0.3, 0.4) is 0 Å². The summed E-state index contributed by atoms with van der Waals surface area (Å²) in [5, 5.41) is 6.86. The molecule has 0 aromatic carbocycles. The predicted octanol–water partition coefficient (Wildman–Crippen LogP) is 2.11. The van der Waals surface area contributed by atoms with Crippen molar-refractivity contribution >= 4 is 19.7 Å². The minimum absolute atomic E-state index is 0.126. The van der Waals surface area contributed by atoms with Crippen LogP contribution in [0.5, 0.6) is 0 Å². The summed E-state index contributed by atoms with van der Waals surface area (Å²) in [5.74, 6) is 2.72. The standard InChI is InChI=1S/2C10H21NO2S/c2*1-7(2)9-5-14(12,13)6-10(11-9)8(3)4/h2*7-11H,5-6H2,1-4H3/t9-,10+;9-,10-/m.0/s1. The Labute approximate surface area is 173 Å². The maximum Gasteiger partial charge on any atom is 0.153 e. The van der Waals surface area contributed by atoms with Crippen LogP contribution in [-0.4, -0.2) is 64.0 Å². The van der Waals surface area contributed by atoms with E-state index in [2.05, 4.69) is 66.0 Å². The molecule has 2 aliphatic rings. The minimum Gasteiger partial charge on any atom is -0.309 e. The monoisotopic (exact) mass is 438 g/mol. The summed E-state index contributed by atoms with van der Waals surface area (Å²) in [6, 6.07) is 0.504. The molecule has 0 aromatic rings. The third-order valence-electron chi connectivity index (χ3n) is 5.81. The van der Waals surface area contributed by atoms with Gasteiger partial charge in [-0.3, -0.25) is 0 Å². The highest BCUT2D eigenvalue weighted by Gasteiger charge is 2.34. The van der Waals surface area contributed by atoms with Crippen LogP contribution in [-0.2, 0) is 19.7 Å². The zero-order valence-corrected chi connectivity index (χ0v) is 20.5. The van der Waals surface area contributed by atoms with Crippen molar-refractivity contribution in [3.05, 3.63) is 0 Å². The summed E-state index contributed by atoms with van der Waals surface area (Å²) in [7, 11) is -5.67. The Hall–Kier alpha value is -0.180. The molecule has 2 fully saturated rings. The maximum atomic E-state index is 11.6. The fourth-order valence-electron chi connectivity index (χ4n) is 3.51. The van der Waals surface area contributed by atoms with Crippen LogP contribution in [0, 0.1) is 23.7 Å². The number of hydrogen-bond donors (Lipinski definition) is 2. The summed E-state index contributed by atoms with van der Waals surface area (Å²) in [6.07, 6.45) is 0. The third-order valence-corrected chi connectivity index (χ3v) is 9.28. The highest BCUT2D eigenvalue weighted by Crippen LogP contribution is 2.18. The molecule has 0 aliphatic carbocycles. The molecule has 0 amide bonds. The van der Waals surface area contributed by atoms with Crippen LogP contribution in [0.4, 0.5) is 0 Å². The maximum absolute atomic E-state index is 11.6. The SMILES string of the molecule is CC(C)[C@@H]1CS(=O)(=O)C[C@@H](C(C)C)N1.CC(C)[C@@H]1CS(=O)(=O)C[C@H](C(C)C)N1. The molecule has 0 bridgehead atoms. The van der Waals surface area contributed by atoms with Crippen LogP contribution in [0.25, 0.3) is 0 Å². The lowest BCUT2D eigenvalue weighted by molar-refractivity contribution is 0.322. The van der Waals surface area contributed by atoms with Gasteiger partial charge in [0.15, 0.2) is 19.7 Å².